The number of benzene rings is 2. The van der Waals surface area contributed by atoms with Gasteiger partial charge in [0.2, 0.25) is 0 Å². The number of carbonyl (C=O) groups is 1. The Morgan fingerprint density at radius 2 is 2.04 bits per heavy atom. The summed E-state index contributed by atoms with van der Waals surface area (Å²) in [5.74, 6) is -0.729. The van der Waals surface area contributed by atoms with Crippen LogP contribution in [0.2, 0.25) is 5.02 Å². The topological polar surface area (TPSA) is 62.3 Å². The molecule has 4 nitrogen and oxygen atoms in total. The van der Waals surface area contributed by atoms with Crippen LogP contribution in [0.5, 0.6) is 0 Å². The molecule has 0 amide bonds. The van der Waals surface area contributed by atoms with Gasteiger partial charge in [0.1, 0.15) is 5.60 Å². The third-order valence-corrected chi connectivity index (χ3v) is 6.22. The Kier molecular flexibility index (Phi) is 4.94. The minimum atomic E-state index is -0.865. The number of H-pyrrole nitrogens is 1. The van der Waals surface area contributed by atoms with Gasteiger partial charge >= 0.3 is 5.97 Å². The van der Waals surface area contributed by atoms with Crippen molar-refractivity contribution in [2.75, 3.05) is 6.61 Å². The van der Waals surface area contributed by atoms with Gasteiger partial charge in [-0.05, 0) is 42.5 Å². The van der Waals surface area contributed by atoms with Gasteiger partial charge in [-0.2, -0.15) is 0 Å². The molecule has 1 aliphatic rings. The minimum Gasteiger partial charge on any atom is -0.481 e. The quantitative estimate of drug-likeness (QED) is 0.591. The summed E-state index contributed by atoms with van der Waals surface area (Å²) in [7, 11) is 0. The van der Waals surface area contributed by atoms with Gasteiger partial charge in [0, 0.05) is 11.3 Å². The second kappa shape index (κ2) is 7.26. The third kappa shape index (κ3) is 3.11. The standard InChI is InChI=1S/C23H24ClNO3/c1-3-23(12-18(26)27)22-20(19-14(2)9-10-17(24)21(19)25-22)16(13-28-23)11-15-7-5-4-6-8-15/h4-10,16,25H,3,11-13H2,1-2H3,(H,26,27). The number of aromatic amines is 1. The molecule has 5 heteroatoms. The highest BCUT2D eigenvalue weighted by atomic mass is 35.5. The number of fused-ring (bicyclic) bond motifs is 3. The largest absolute Gasteiger partial charge is 0.481 e. The number of carboxylic acids is 1. The lowest BCUT2D eigenvalue weighted by atomic mass is 9.79. The van der Waals surface area contributed by atoms with Crippen LogP contribution < -0.4 is 0 Å². The number of carboxylic acid groups (broad SMARTS) is 1. The Balaban J connectivity index is 1.93. The summed E-state index contributed by atoms with van der Waals surface area (Å²) < 4.78 is 6.29. The molecule has 0 radical (unpaired) electrons. The summed E-state index contributed by atoms with van der Waals surface area (Å²) in [5.41, 5.74) is 4.42. The van der Waals surface area contributed by atoms with Crippen LogP contribution in [0.3, 0.4) is 0 Å². The fourth-order valence-electron chi connectivity index (χ4n) is 4.50. The zero-order valence-corrected chi connectivity index (χ0v) is 16.8. The highest BCUT2D eigenvalue weighted by Gasteiger charge is 2.44. The van der Waals surface area contributed by atoms with Crippen molar-refractivity contribution in [3.8, 4) is 0 Å². The fraction of sp³-hybridized carbons (Fsp3) is 0.348. The molecule has 4 rings (SSSR count). The van der Waals surface area contributed by atoms with Gasteiger partial charge in [-0.3, -0.25) is 4.79 Å². The SMILES string of the molecule is CCC1(CC(=O)O)OCC(Cc2ccccc2)c2c1[nH]c1c(Cl)ccc(C)c21. The van der Waals surface area contributed by atoms with E-state index in [1.165, 1.54) is 5.56 Å². The molecule has 1 aliphatic heterocycles. The van der Waals surface area contributed by atoms with Crippen molar-refractivity contribution in [3.05, 3.63) is 69.9 Å². The molecule has 2 atom stereocenters. The molecule has 0 bridgehead atoms. The molecular weight excluding hydrogens is 374 g/mol. The van der Waals surface area contributed by atoms with E-state index in [4.69, 9.17) is 16.3 Å². The van der Waals surface area contributed by atoms with E-state index in [0.717, 1.165) is 34.1 Å². The number of halogens is 1. The van der Waals surface area contributed by atoms with Crippen LogP contribution in [0.1, 0.15) is 48.1 Å². The number of rotatable bonds is 5. The molecule has 2 heterocycles. The van der Waals surface area contributed by atoms with Crippen molar-refractivity contribution < 1.29 is 14.6 Å². The van der Waals surface area contributed by atoms with E-state index in [0.29, 0.717) is 18.1 Å². The summed E-state index contributed by atoms with van der Waals surface area (Å²) in [4.78, 5) is 15.1. The number of aliphatic carboxylic acids is 1. The fourth-order valence-corrected chi connectivity index (χ4v) is 4.70. The first-order valence-corrected chi connectivity index (χ1v) is 10.0. The summed E-state index contributed by atoms with van der Waals surface area (Å²) in [6.45, 7) is 4.54. The Morgan fingerprint density at radius 3 is 2.71 bits per heavy atom. The summed E-state index contributed by atoms with van der Waals surface area (Å²) in [5, 5.41) is 11.3. The molecule has 0 spiro atoms. The van der Waals surface area contributed by atoms with Crippen molar-refractivity contribution in [2.45, 2.75) is 44.6 Å². The molecule has 1 aromatic heterocycles. The molecule has 28 heavy (non-hydrogen) atoms. The van der Waals surface area contributed by atoms with Gasteiger partial charge in [0.05, 0.1) is 29.3 Å². The van der Waals surface area contributed by atoms with Crippen molar-refractivity contribution in [1.29, 1.82) is 0 Å². The zero-order chi connectivity index (χ0) is 19.9. The monoisotopic (exact) mass is 397 g/mol. The van der Waals surface area contributed by atoms with Crippen molar-refractivity contribution >= 4 is 28.5 Å². The van der Waals surface area contributed by atoms with Crippen molar-refractivity contribution in [2.24, 2.45) is 0 Å². The van der Waals surface area contributed by atoms with Gasteiger partial charge in [0.15, 0.2) is 0 Å². The van der Waals surface area contributed by atoms with Crippen LogP contribution in [-0.4, -0.2) is 22.7 Å². The maximum Gasteiger partial charge on any atom is 0.306 e. The van der Waals surface area contributed by atoms with E-state index in [-0.39, 0.29) is 12.3 Å². The maximum atomic E-state index is 11.6. The number of hydrogen-bond acceptors (Lipinski definition) is 2. The summed E-state index contributed by atoms with van der Waals surface area (Å²) >= 11 is 6.51. The minimum absolute atomic E-state index is 0.0714. The highest BCUT2D eigenvalue weighted by Crippen LogP contribution is 2.48. The van der Waals surface area contributed by atoms with Gasteiger partial charge in [0.25, 0.3) is 0 Å². The van der Waals surface area contributed by atoms with Crippen LogP contribution in [0.15, 0.2) is 42.5 Å². The lowest BCUT2D eigenvalue weighted by molar-refractivity contribution is -0.149. The first kappa shape index (κ1) is 19.0. The van der Waals surface area contributed by atoms with E-state index >= 15 is 0 Å². The highest BCUT2D eigenvalue weighted by molar-refractivity contribution is 6.35. The van der Waals surface area contributed by atoms with E-state index in [1.54, 1.807) is 0 Å². The van der Waals surface area contributed by atoms with Crippen LogP contribution >= 0.6 is 11.6 Å². The second-order valence-corrected chi connectivity index (χ2v) is 8.05. The number of nitrogens with one attached hydrogen (secondary N) is 1. The van der Waals surface area contributed by atoms with E-state index < -0.39 is 11.6 Å². The van der Waals surface area contributed by atoms with Gasteiger partial charge in [-0.25, -0.2) is 0 Å². The smallest absolute Gasteiger partial charge is 0.306 e. The molecule has 3 aromatic rings. The molecular formula is C23H24ClNO3. The van der Waals surface area contributed by atoms with Crippen LogP contribution in [-0.2, 0) is 21.6 Å². The van der Waals surface area contributed by atoms with Crippen LogP contribution in [0.25, 0.3) is 10.9 Å². The molecule has 0 aliphatic carbocycles. The molecule has 2 aromatic carbocycles. The predicted molar refractivity (Wildman–Crippen MR) is 111 cm³/mol. The molecule has 2 unspecified atom stereocenters. The number of aromatic nitrogens is 1. The molecule has 2 N–H and O–H groups in total. The molecule has 0 saturated heterocycles. The normalized spacial score (nSPS) is 21.6. The van der Waals surface area contributed by atoms with Crippen molar-refractivity contribution in [1.82, 2.24) is 4.98 Å². The number of hydrogen-bond donors (Lipinski definition) is 2. The van der Waals surface area contributed by atoms with Crippen molar-refractivity contribution in [3.63, 3.8) is 0 Å². The van der Waals surface area contributed by atoms with Crippen LogP contribution in [0.4, 0.5) is 0 Å². The molecule has 146 valence electrons. The maximum absolute atomic E-state index is 11.6. The lowest BCUT2D eigenvalue weighted by Crippen LogP contribution is -2.39. The van der Waals surface area contributed by atoms with Gasteiger partial charge in [-0.15, -0.1) is 0 Å². The Bertz CT molecular complexity index is 1030. The average molecular weight is 398 g/mol. The number of aryl methyl sites for hydroxylation is 1. The summed E-state index contributed by atoms with van der Waals surface area (Å²) in [6.07, 6.45) is 1.34. The lowest BCUT2D eigenvalue weighted by Gasteiger charge is -2.39. The first-order chi connectivity index (χ1) is 13.4. The van der Waals surface area contributed by atoms with Gasteiger partial charge < -0.3 is 14.8 Å². The predicted octanol–water partition coefficient (Wildman–Crippen LogP) is 5.57. The first-order valence-electron chi connectivity index (χ1n) is 9.66. The van der Waals surface area contributed by atoms with E-state index in [9.17, 15) is 9.90 Å². The van der Waals surface area contributed by atoms with Gasteiger partial charge in [-0.1, -0.05) is 54.9 Å². The zero-order valence-electron chi connectivity index (χ0n) is 16.1. The van der Waals surface area contributed by atoms with Crippen LogP contribution in [0, 0.1) is 6.92 Å². The average Bonchev–Trinajstić information content (AvgIpc) is 3.10. The Labute approximate surface area is 169 Å². The second-order valence-electron chi connectivity index (χ2n) is 7.64. The number of ether oxygens (including phenoxy) is 1. The summed E-state index contributed by atoms with van der Waals surface area (Å²) in [6, 6.07) is 14.2. The Morgan fingerprint density at radius 1 is 1.29 bits per heavy atom. The molecule has 0 saturated carbocycles. The molecule has 0 fully saturated rings. The van der Waals surface area contributed by atoms with E-state index in [1.807, 2.05) is 37.3 Å². The Hall–Kier alpha value is -2.30. The third-order valence-electron chi connectivity index (χ3n) is 5.91. The van der Waals surface area contributed by atoms with E-state index in [2.05, 4.69) is 24.0 Å².